The maximum atomic E-state index is 9.49. The van der Waals surface area contributed by atoms with E-state index >= 15 is 0 Å². The first-order valence-electron chi connectivity index (χ1n) is 8.06. The third kappa shape index (κ3) is 3.18. The lowest BCUT2D eigenvalue weighted by atomic mass is 10.1. The van der Waals surface area contributed by atoms with Gasteiger partial charge in [-0.05, 0) is 36.6 Å². The Kier molecular flexibility index (Phi) is 4.39. The minimum atomic E-state index is 0.610. The van der Waals surface area contributed by atoms with Gasteiger partial charge in [0.05, 0.1) is 5.69 Å². The largest absolute Gasteiger partial charge is 0.397 e. The zero-order valence-corrected chi connectivity index (χ0v) is 14.1. The summed E-state index contributed by atoms with van der Waals surface area (Å²) in [6, 6.07) is 20.7. The number of hydrogen-bond donors (Lipinski definition) is 1. The summed E-state index contributed by atoms with van der Waals surface area (Å²) in [7, 11) is 0. The van der Waals surface area contributed by atoms with Crippen molar-refractivity contribution in [3.63, 3.8) is 0 Å². The standard InChI is InChI=1S/C21H21N3/c1-15-6-5-8-17(10-15)11-21-20(23)12-19(13-22)24(21)14-18-9-4-3-7-16(18)2/h3-10,12H,11,14,23H2,1-2H3. The number of nitriles is 1. The lowest BCUT2D eigenvalue weighted by Gasteiger charge is -2.14. The van der Waals surface area contributed by atoms with Crippen molar-refractivity contribution in [3.05, 3.63) is 88.2 Å². The highest BCUT2D eigenvalue weighted by Gasteiger charge is 2.14. The third-order valence-electron chi connectivity index (χ3n) is 4.40. The second-order valence-corrected chi connectivity index (χ2v) is 6.22. The van der Waals surface area contributed by atoms with E-state index in [9.17, 15) is 5.26 Å². The van der Waals surface area contributed by atoms with Gasteiger partial charge in [-0.1, -0.05) is 54.1 Å². The topological polar surface area (TPSA) is 54.7 Å². The first-order valence-corrected chi connectivity index (χ1v) is 8.06. The van der Waals surface area contributed by atoms with Crippen LogP contribution in [0.4, 0.5) is 5.69 Å². The van der Waals surface area contributed by atoms with Gasteiger partial charge in [-0.25, -0.2) is 0 Å². The van der Waals surface area contributed by atoms with Crippen molar-refractivity contribution in [3.8, 4) is 6.07 Å². The van der Waals surface area contributed by atoms with Crippen molar-refractivity contribution in [2.75, 3.05) is 5.73 Å². The van der Waals surface area contributed by atoms with Crippen LogP contribution in [0, 0.1) is 25.2 Å². The number of nitrogen functional groups attached to an aromatic ring is 1. The average molecular weight is 315 g/mol. The number of nitrogens with two attached hydrogens (primary N) is 1. The molecule has 3 heteroatoms. The number of hydrogen-bond acceptors (Lipinski definition) is 2. The molecule has 0 atom stereocenters. The number of nitrogens with zero attached hydrogens (tertiary/aromatic N) is 2. The number of aryl methyl sites for hydroxylation is 2. The smallest absolute Gasteiger partial charge is 0.122 e. The van der Waals surface area contributed by atoms with E-state index in [1.807, 2.05) is 16.7 Å². The molecule has 120 valence electrons. The van der Waals surface area contributed by atoms with Gasteiger partial charge in [0.2, 0.25) is 0 Å². The van der Waals surface area contributed by atoms with Gasteiger partial charge in [0.25, 0.3) is 0 Å². The molecule has 0 amide bonds. The van der Waals surface area contributed by atoms with Crippen LogP contribution < -0.4 is 5.73 Å². The van der Waals surface area contributed by atoms with E-state index < -0.39 is 0 Å². The summed E-state index contributed by atoms with van der Waals surface area (Å²) in [5.74, 6) is 0. The summed E-state index contributed by atoms with van der Waals surface area (Å²) >= 11 is 0. The fourth-order valence-electron chi connectivity index (χ4n) is 3.05. The van der Waals surface area contributed by atoms with Gasteiger partial charge in [-0.15, -0.1) is 0 Å². The molecule has 3 aromatic rings. The molecule has 1 aromatic heterocycles. The van der Waals surface area contributed by atoms with Gasteiger partial charge in [-0.2, -0.15) is 5.26 Å². The first-order chi connectivity index (χ1) is 11.6. The predicted octanol–water partition coefficient (Wildman–Crippen LogP) is 4.20. The molecule has 0 saturated carbocycles. The van der Waals surface area contributed by atoms with E-state index in [1.165, 1.54) is 22.3 Å². The maximum Gasteiger partial charge on any atom is 0.122 e. The van der Waals surface area contributed by atoms with Crippen LogP contribution in [0.2, 0.25) is 0 Å². The van der Waals surface area contributed by atoms with Gasteiger partial charge in [0.15, 0.2) is 0 Å². The molecule has 2 N–H and O–H groups in total. The molecule has 0 bridgehead atoms. The van der Waals surface area contributed by atoms with E-state index in [4.69, 9.17) is 5.73 Å². The van der Waals surface area contributed by atoms with E-state index in [1.54, 1.807) is 6.07 Å². The molecule has 0 aliphatic heterocycles. The minimum absolute atomic E-state index is 0.610. The Hall–Kier alpha value is -2.99. The summed E-state index contributed by atoms with van der Waals surface area (Å²) in [6.45, 7) is 4.84. The second kappa shape index (κ2) is 6.64. The Morgan fingerprint density at radius 3 is 2.54 bits per heavy atom. The van der Waals surface area contributed by atoms with Crippen molar-refractivity contribution in [1.29, 1.82) is 5.26 Å². The zero-order valence-electron chi connectivity index (χ0n) is 14.1. The zero-order chi connectivity index (χ0) is 17.1. The molecule has 0 aliphatic rings. The Bertz CT molecular complexity index is 913. The summed E-state index contributed by atoms with van der Waals surface area (Å²) < 4.78 is 2.04. The highest BCUT2D eigenvalue weighted by molar-refractivity contribution is 5.53. The fourth-order valence-corrected chi connectivity index (χ4v) is 3.05. The third-order valence-corrected chi connectivity index (χ3v) is 4.40. The molecule has 0 fully saturated rings. The van der Waals surface area contributed by atoms with Crippen molar-refractivity contribution >= 4 is 5.69 Å². The highest BCUT2D eigenvalue weighted by Crippen LogP contribution is 2.24. The van der Waals surface area contributed by atoms with Gasteiger partial charge >= 0.3 is 0 Å². The number of aromatic nitrogens is 1. The van der Waals surface area contributed by atoms with E-state index in [-0.39, 0.29) is 0 Å². The average Bonchev–Trinajstić information content (AvgIpc) is 2.85. The molecule has 24 heavy (non-hydrogen) atoms. The van der Waals surface area contributed by atoms with Crippen molar-refractivity contribution in [1.82, 2.24) is 4.57 Å². The van der Waals surface area contributed by atoms with Crippen LogP contribution in [-0.4, -0.2) is 4.57 Å². The molecule has 0 aliphatic carbocycles. The van der Waals surface area contributed by atoms with Crippen LogP contribution in [-0.2, 0) is 13.0 Å². The van der Waals surface area contributed by atoms with Crippen molar-refractivity contribution < 1.29 is 0 Å². The molecule has 3 rings (SSSR count). The van der Waals surface area contributed by atoms with Crippen molar-refractivity contribution in [2.45, 2.75) is 26.8 Å². The second-order valence-electron chi connectivity index (χ2n) is 6.22. The molecule has 0 unspecified atom stereocenters. The SMILES string of the molecule is Cc1cccc(Cc2c(N)cc(C#N)n2Cc2ccccc2C)c1. The van der Waals surface area contributed by atoms with Crippen LogP contribution in [0.1, 0.15) is 33.6 Å². The van der Waals surface area contributed by atoms with Gasteiger partial charge < -0.3 is 10.3 Å². The van der Waals surface area contributed by atoms with Gasteiger partial charge in [0.1, 0.15) is 11.8 Å². The van der Waals surface area contributed by atoms with Crippen LogP contribution in [0.25, 0.3) is 0 Å². The molecular weight excluding hydrogens is 294 g/mol. The van der Waals surface area contributed by atoms with Crippen LogP contribution in [0.3, 0.4) is 0 Å². The quantitative estimate of drug-likeness (QED) is 0.784. The van der Waals surface area contributed by atoms with Gasteiger partial charge in [0, 0.05) is 18.7 Å². The molecular formula is C21H21N3. The van der Waals surface area contributed by atoms with E-state index in [2.05, 4.69) is 56.3 Å². The minimum Gasteiger partial charge on any atom is -0.397 e. The Balaban J connectivity index is 2.02. The Morgan fingerprint density at radius 2 is 1.83 bits per heavy atom. The lowest BCUT2D eigenvalue weighted by Crippen LogP contribution is -2.09. The van der Waals surface area contributed by atoms with Crippen LogP contribution in [0.15, 0.2) is 54.6 Å². The Morgan fingerprint density at radius 1 is 1.04 bits per heavy atom. The van der Waals surface area contributed by atoms with Crippen LogP contribution in [0.5, 0.6) is 0 Å². The highest BCUT2D eigenvalue weighted by atomic mass is 15.0. The maximum absolute atomic E-state index is 9.49. The summed E-state index contributed by atoms with van der Waals surface area (Å²) in [5, 5.41) is 9.49. The molecule has 3 nitrogen and oxygen atoms in total. The molecule has 0 saturated heterocycles. The van der Waals surface area contributed by atoms with E-state index in [0.717, 1.165) is 12.1 Å². The number of anilines is 1. The van der Waals surface area contributed by atoms with Crippen LogP contribution >= 0.6 is 0 Å². The number of benzene rings is 2. The summed E-state index contributed by atoms with van der Waals surface area (Å²) in [4.78, 5) is 0. The lowest BCUT2D eigenvalue weighted by molar-refractivity contribution is 0.745. The monoisotopic (exact) mass is 315 g/mol. The van der Waals surface area contributed by atoms with Crippen molar-refractivity contribution in [2.24, 2.45) is 0 Å². The van der Waals surface area contributed by atoms with E-state index in [0.29, 0.717) is 17.9 Å². The predicted molar refractivity (Wildman–Crippen MR) is 97.8 cm³/mol. The normalized spacial score (nSPS) is 10.5. The summed E-state index contributed by atoms with van der Waals surface area (Å²) in [6.07, 6.45) is 0.723. The summed E-state index contributed by atoms with van der Waals surface area (Å²) in [5.41, 5.74) is 13.4. The fraction of sp³-hybridized carbons (Fsp3) is 0.190. The van der Waals surface area contributed by atoms with Gasteiger partial charge in [-0.3, -0.25) is 0 Å². The molecule has 0 spiro atoms. The Labute approximate surface area is 143 Å². The molecule has 1 heterocycles. The molecule has 2 aromatic carbocycles. The molecule has 0 radical (unpaired) electrons. The number of rotatable bonds is 4. The first kappa shape index (κ1) is 15.9.